The van der Waals surface area contributed by atoms with Crippen LogP contribution >= 0.6 is 0 Å². The van der Waals surface area contributed by atoms with E-state index in [1.54, 1.807) is 19.2 Å². The van der Waals surface area contributed by atoms with Gasteiger partial charge < -0.3 is 25.6 Å². The lowest BCUT2D eigenvalue weighted by Crippen LogP contribution is -2.30. The van der Waals surface area contributed by atoms with Crippen molar-refractivity contribution in [1.82, 2.24) is 5.32 Å². The number of allylic oxidation sites excluding steroid dienone is 2. The third kappa shape index (κ3) is 3.80. The largest absolute Gasteiger partial charge is 0.508 e. The van der Waals surface area contributed by atoms with Crippen molar-refractivity contribution in [2.75, 3.05) is 25.6 Å². The van der Waals surface area contributed by atoms with Gasteiger partial charge in [0.05, 0.1) is 6.04 Å². The van der Waals surface area contributed by atoms with Gasteiger partial charge in [-0.15, -0.1) is 0 Å². The van der Waals surface area contributed by atoms with Crippen LogP contribution in [0.15, 0.2) is 48.6 Å². The van der Waals surface area contributed by atoms with Crippen molar-refractivity contribution in [3.63, 3.8) is 0 Å². The van der Waals surface area contributed by atoms with Gasteiger partial charge >= 0.3 is 0 Å². The molecule has 2 aromatic rings. The fourth-order valence-corrected chi connectivity index (χ4v) is 4.36. The minimum Gasteiger partial charge on any atom is -0.508 e. The molecule has 152 valence electrons. The van der Waals surface area contributed by atoms with Crippen molar-refractivity contribution in [3.05, 3.63) is 65.2 Å². The first-order chi connectivity index (χ1) is 14.1. The minimum atomic E-state index is -0.0827. The lowest BCUT2D eigenvalue weighted by atomic mass is 9.76. The predicted octanol–water partition coefficient (Wildman–Crippen LogP) is 3.69. The van der Waals surface area contributed by atoms with E-state index in [-0.39, 0.29) is 35.3 Å². The summed E-state index contributed by atoms with van der Waals surface area (Å²) in [6, 6.07) is 10.4. The number of carbonyl (C=O) groups excluding carboxylic acids is 1. The van der Waals surface area contributed by atoms with Crippen LogP contribution in [0.4, 0.5) is 5.69 Å². The van der Waals surface area contributed by atoms with E-state index in [1.165, 1.54) is 6.07 Å². The van der Waals surface area contributed by atoms with Crippen LogP contribution in [-0.4, -0.2) is 36.4 Å². The molecule has 0 radical (unpaired) electrons. The summed E-state index contributed by atoms with van der Waals surface area (Å²) >= 11 is 0. The summed E-state index contributed by atoms with van der Waals surface area (Å²) in [5, 5.41) is 26.5. The maximum Gasteiger partial charge on any atom is 0.251 e. The van der Waals surface area contributed by atoms with E-state index in [0.29, 0.717) is 18.7 Å². The van der Waals surface area contributed by atoms with Crippen molar-refractivity contribution < 1.29 is 19.7 Å². The van der Waals surface area contributed by atoms with E-state index < -0.39 is 0 Å². The number of fused-ring (bicyclic) bond motifs is 3. The van der Waals surface area contributed by atoms with Gasteiger partial charge in [0, 0.05) is 49.1 Å². The van der Waals surface area contributed by atoms with Gasteiger partial charge in [0.15, 0.2) is 0 Å². The molecule has 4 rings (SSSR count). The number of benzene rings is 2. The van der Waals surface area contributed by atoms with E-state index in [9.17, 15) is 15.0 Å². The van der Waals surface area contributed by atoms with Crippen LogP contribution in [0, 0.1) is 5.92 Å². The molecule has 0 spiro atoms. The van der Waals surface area contributed by atoms with Gasteiger partial charge in [-0.25, -0.2) is 0 Å². The highest BCUT2D eigenvalue weighted by atomic mass is 16.5. The quantitative estimate of drug-likeness (QED) is 0.443. The minimum absolute atomic E-state index is 0.0460. The fourth-order valence-electron chi connectivity index (χ4n) is 4.36. The van der Waals surface area contributed by atoms with E-state index >= 15 is 0 Å². The first-order valence-corrected chi connectivity index (χ1v) is 9.94. The molecule has 6 heteroatoms. The zero-order valence-corrected chi connectivity index (χ0v) is 16.4. The number of anilines is 1. The zero-order chi connectivity index (χ0) is 20.4. The molecule has 4 N–H and O–H groups in total. The van der Waals surface area contributed by atoms with Crippen molar-refractivity contribution in [1.29, 1.82) is 0 Å². The van der Waals surface area contributed by atoms with Gasteiger partial charge in [-0.3, -0.25) is 4.79 Å². The molecule has 3 atom stereocenters. The van der Waals surface area contributed by atoms with Crippen LogP contribution in [0.25, 0.3) is 0 Å². The lowest BCUT2D eigenvalue weighted by molar-refractivity contribution is 0.0948. The van der Waals surface area contributed by atoms with Gasteiger partial charge in [0.2, 0.25) is 0 Å². The molecule has 6 nitrogen and oxygen atoms in total. The Morgan fingerprint density at radius 1 is 1.21 bits per heavy atom. The van der Waals surface area contributed by atoms with Gasteiger partial charge in [0.25, 0.3) is 5.91 Å². The Morgan fingerprint density at radius 3 is 2.86 bits per heavy atom. The number of hydrogen-bond acceptors (Lipinski definition) is 5. The topological polar surface area (TPSA) is 90.8 Å². The smallest absolute Gasteiger partial charge is 0.251 e. The molecular weight excluding hydrogens is 368 g/mol. The van der Waals surface area contributed by atoms with Crippen LogP contribution in [0.5, 0.6) is 11.5 Å². The second kappa shape index (κ2) is 8.17. The molecule has 0 bridgehead atoms. The molecule has 0 saturated carbocycles. The summed E-state index contributed by atoms with van der Waals surface area (Å²) in [6.45, 7) is 1.20. The standard InChI is InChI=1S/C23H26N2O4/c1-29-11-3-10-24-23(28)14-6-9-20-19(12-14)16-4-2-5-17(16)22(25-20)18-8-7-15(26)13-21(18)27/h2,4,6-9,12-13,16-17,22,25-27H,3,5,10-11H2,1H3,(H,24,28). The first kappa shape index (κ1) is 19.3. The molecule has 2 aliphatic rings. The molecule has 3 unspecified atom stereocenters. The summed E-state index contributed by atoms with van der Waals surface area (Å²) in [7, 11) is 1.65. The van der Waals surface area contributed by atoms with Crippen molar-refractivity contribution in [3.8, 4) is 11.5 Å². The number of ether oxygens (including phenoxy) is 1. The SMILES string of the molecule is COCCCNC(=O)c1ccc2c(c1)C1C=CCC1C(c1ccc(O)cc1O)N2. The Bertz CT molecular complexity index is 940. The Morgan fingerprint density at radius 2 is 2.07 bits per heavy atom. The molecule has 0 aromatic heterocycles. The first-order valence-electron chi connectivity index (χ1n) is 9.94. The Hall–Kier alpha value is -2.99. The van der Waals surface area contributed by atoms with Crippen LogP contribution in [0.1, 0.15) is 46.3 Å². The predicted molar refractivity (Wildman–Crippen MR) is 111 cm³/mol. The summed E-state index contributed by atoms with van der Waals surface area (Å²) in [5.41, 5.74) is 3.48. The van der Waals surface area contributed by atoms with Gasteiger partial charge in [-0.2, -0.15) is 0 Å². The number of amides is 1. The maximum absolute atomic E-state index is 12.5. The van der Waals surface area contributed by atoms with Crippen LogP contribution in [0.3, 0.4) is 0 Å². The molecular formula is C23H26N2O4. The molecule has 1 aliphatic carbocycles. The fraction of sp³-hybridized carbons (Fsp3) is 0.348. The summed E-state index contributed by atoms with van der Waals surface area (Å²) in [4.78, 5) is 12.5. The van der Waals surface area contributed by atoms with Crippen LogP contribution < -0.4 is 10.6 Å². The number of nitrogens with one attached hydrogen (secondary N) is 2. The van der Waals surface area contributed by atoms with Crippen molar-refractivity contribution in [2.24, 2.45) is 5.92 Å². The summed E-state index contributed by atoms with van der Waals surface area (Å²) in [6.07, 6.45) is 6.01. The second-order valence-corrected chi connectivity index (χ2v) is 7.62. The average molecular weight is 394 g/mol. The molecule has 1 amide bonds. The number of phenolic OH excluding ortho intramolecular Hbond substituents is 2. The summed E-state index contributed by atoms with van der Waals surface area (Å²) < 4.78 is 5.01. The van der Waals surface area contributed by atoms with Crippen molar-refractivity contribution >= 4 is 11.6 Å². The molecule has 1 aliphatic heterocycles. The third-order valence-corrected chi connectivity index (χ3v) is 5.78. The highest BCUT2D eigenvalue weighted by molar-refractivity contribution is 5.95. The van der Waals surface area contributed by atoms with Gasteiger partial charge in [0.1, 0.15) is 11.5 Å². The average Bonchev–Trinajstić information content (AvgIpc) is 3.21. The van der Waals surface area contributed by atoms with E-state index in [4.69, 9.17) is 4.74 Å². The monoisotopic (exact) mass is 394 g/mol. The molecule has 0 fully saturated rings. The zero-order valence-electron chi connectivity index (χ0n) is 16.4. The summed E-state index contributed by atoms with van der Waals surface area (Å²) in [5.74, 6) is 0.456. The van der Waals surface area contributed by atoms with Crippen LogP contribution in [0.2, 0.25) is 0 Å². The number of rotatable bonds is 6. The number of phenols is 2. The van der Waals surface area contributed by atoms with E-state index in [2.05, 4.69) is 22.8 Å². The number of methoxy groups -OCH3 is 1. The molecule has 2 aromatic carbocycles. The third-order valence-electron chi connectivity index (χ3n) is 5.78. The molecule has 29 heavy (non-hydrogen) atoms. The molecule has 1 heterocycles. The number of hydrogen-bond donors (Lipinski definition) is 4. The number of carbonyl (C=O) groups is 1. The van der Waals surface area contributed by atoms with E-state index in [1.807, 2.05) is 18.2 Å². The van der Waals surface area contributed by atoms with Gasteiger partial charge in [-0.1, -0.05) is 12.2 Å². The lowest BCUT2D eigenvalue weighted by Gasteiger charge is -2.38. The Balaban J connectivity index is 1.59. The van der Waals surface area contributed by atoms with E-state index in [0.717, 1.165) is 29.7 Å². The highest BCUT2D eigenvalue weighted by Crippen LogP contribution is 2.51. The Labute approximate surface area is 170 Å². The second-order valence-electron chi connectivity index (χ2n) is 7.62. The molecule has 0 saturated heterocycles. The normalized spacial score (nSPS) is 21.9. The van der Waals surface area contributed by atoms with Crippen molar-refractivity contribution in [2.45, 2.75) is 24.8 Å². The van der Waals surface area contributed by atoms with Gasteiger partial charge in [-0.05, 0) is 54.7 Å². The Kier molecular flexibility index (Phi) is 5.45. The highest BCUT2D eigenvalue weighted by Gasteiger charge is 2.39. The number of aromatic hydroxyl groups is 2. The van der Waals surface area contributed by atoms with Crippen LogP contribution in [-0.2, 0) is 4.74 Å². The maximum atomic E-state index is 12.5.